The fourth-order valence-electron chi connectivity index (χ4n) is 2.52. The van der Waals surface area contributed by atoms with E-state index in [0.29, 0.717) is 5.69 Å². The number of rotatable bonds is 7. The van der Waals surface area contributed by atoms with E-state index >= 15 is 0 Å². The second kappa shape index (κ2) is 7.86. The molecule has 0 saturated carbocycles. The molecule has 1 saturated heterocycles. The maximum atomic E-state index is 12.5. The van der Waals surface area contributed by atoms with E-state index in [1.807, 2.05) is 0 Å². The second-order valence-corrected chi connectivity index (χ2v) is 7.43. The number of hydrogen-bond donors (Lipinski definition) is 1. The van der Waals surface area contributed by atoms with Crippen LogP contribution in [0.2, 0.25) is 0 Å². The molecule has 12 heteroatoms. The van der Waals surface area contributed by atoms with Crippen LogP contribution < -0.4 is 19.1 Å². The Labute approximate surface area is 160 Å². The number of amides is 2. The van der Waals surface area contributed by atoms with Gasteiger partial charge in [-0.3, -0.25) is 14.5 Å². The summed E-state index contributed by atoms with van der Waals surface area (Å²) in [5.74, 6) is -0.509. The van der Waals surface area contributed by atoms with E-state index in [9.17, 15) is 18.0 Å². The molecule has 11 nitrogen and oxygen atoms in total. The summed E-state index contributed by atoms with van der Waals surface area (Å²) in [4.78, 5) is 36.3. The number of hydrogen-bond acceptors (Lipinski definition) is 9. The van der Waals surface area contributed by atoms with E-state index in [4.69, 9.17) is 9.47 Å². The predicted octanol–water partition coefficient (Wildman–Crippen LogP) is 0.0207. The number of carbonyl (C=O) groups excluding carboxylic acids is 2. The van der Waals surface area contributed by atoms with Crippen LogP contribution in [0.1, 0.15) is 18.7 Å². The van der Waals surface area contributed by atoms with Crippen molar-refractivity contribution in [3.8, 4) is 12.0 Å². The molecule has 0 atom stereocenters. The Morgan fingerprint density at radius 1 is 0.964 bits per heavy atom. The lowest BCUT2D eigenvalue weighted by atomic mass is 10.3. The van der Waals surface area contributed by atoms with Gasteiger partial charge in [-0.15, -0.1) is 4.98 Å². The molecule has 2 amide bonds. The van der Waals surface area contributed by atoms with Gasteiger partial charge in [-0.25, -0.2) is 13.1 Å². The number of ether oxygens (including phenoxy) is 2. The van der Waals surface area contributed by atoms with Crippen LogP contribution in [0.15, 0.2) is 29.2 Å². The summed E-state index contributed by atoms with van der Waals surface area (Å²) in [6.45, 7) is -0.220. The van der Waals surface area contributed by atoms with Crippen LogP contribution in [-0.2, 0) is 26.2 Å². The van der Waals surface area contributed by atoms with Gasteiger partial charge in [0, 0.05) is 12.8 Å². The number of imide groups is 1. The summed E-state index contributed by atoms with van der Waals surface area (Å²) >= 11 is 0. The molecule has 1 aromatic carbocycles. The van der Waals surface area contributed by atoms with E-state index in [1.54, 1.807) is 0 Å². The van der Waals surface area contributed by atoms with Crippen molar-refractivity contribution in [3.05, 3.63) is 30.1 Å². The summed E-state index contributed by atoms with van der Waals surface area (Å²) in [6.07, 6.45) is 0.304. The molecule has 3 rings (SSSR count). The van der Waals surface area contributed by atoms with Crippen molar-refractivity contribution in [1.82, 2.24) is 19.7 Å². The van der Waals surface area contributed by atoms with E-state index in [-0.39, 0.29) is 53.9 Å². The maximum absolute atomic E-state index is 12.5. The van der Waals surface area contributed by atoms with Crippen molar-refractivity contribution >= 4 is 27.5 Å². The van der Waals surface area contributed by atoms with Crippen LogP contribution in [0, 0.1) is 0 Å². The zero-order valence-corrected chi connectivity index (χ0v) is 15.9. The van der Waals surface area contributed by atoms with Gasteiger partial charge in [-0.2, -0.15) is 9.97 Å². The fourth-order valence-corrected chi connectivity index (χ4v) is 3.50. The molecule has 0 aliphatic carbocycles. The Bertz CT molecular complexity index is 970. The van der Waals surface area contributed by atoms with Crippen LogP contribution >= 0.6 is 0 Å². The summed E-state index contributed by atoms with van der Waals surface area (Å²) in [5, 5.41) is 0. The molecule has 148 valence electrons. The molecule has 28 heavy (non-hydrogen) atoms. The molecule has 1 aromatic heterocycles. The average molecular weight is 407 g/mol. The smallest absolute Gasteiger partial charge is 0.322 e. The summed E-state index contributed by atoms with van der Waals surface area (Å²) in [6, 6.07) is 5.42. The Morgan fingerprint density at radius 3 is 2.00 bits per heavy atom. The molecule has 0 radical (unpaired) electrons. The fraction of sp³-hybridized carbons (Fsp3) is 0.312. The van der Waals surface area contributed by atoms with Gasteiger partial charge in [-0.05, 0) is 24.3 Å². The van der Waals surface area contributed by atoms with Gasteiger partial charge in [0.05, 0.1) is 31.3 Å². The number of carbonyl (C=O) groups is 2. The number of sulfonamides is 1. The lowest BCUT2D eigenvalue weighted by molar-refractivity contribution is -0.121. The first-order chi connectivity index (χ1) is 13.3. The Kier molecular flexibility index (Phi) is 5.51. The maximum Gasteiger partial charge on any atom is 0.322 e. The van der Waals surface area contributed by atoms with Crippen LogP contribution in [0.5, 0.6) is 12.0 Å². The average Bonchev–Trinajstić information content (AvgIpc) is 3.04. The van der Waals surface area contributed by atoms with Gasteiger partial charge in [0.2, 0.25) is 21.8 Å². The SMILES string of the molecule is COc1nc(CNS(=O)(=O)c2ccc(N3C(=O)CCC3=O)cc2)nc(OC)n1. The van der Waals surface area contributed by atoms with Gasteiger partial charge in [-0.1, -0.05) is 0 Å². The third kappa shape index (κ3) is 4.07. The molecule has 1 aliphatic heterocycles. The lowest BCUT2D eigenvalue weighted by Crippen LogP contribution is -2.28. The predicted molar refractivity (Wildman–Crippen MR) is 95.1 cm³/mol. The van der Waals surface area contributed by atoms with E-state index in [2.05, 4.69) is 19.7 Å². The highest BCUT2D eigenvalue weighted by atomic mass is 32.2. The molecule has 1 aliphatic rings. The van der Waals surface area contributed by atoms with E-state index < -0.39 is 10.0 Å². The molecule has 0 unspecified atom stereocenters. The highest BCUT2D eigenvalue weighted by Gasteiger charge is 2.30. The molecular weight excluding hydrogens is 390 g/mol. The van der Waals surface area contributed by atoms with Gasteiger partial charge in [0.25, 0.3) is 0 Å². The minimum atomic E-state index is -3.89. The molecule has 2 heterocycles. The summed E-state index contributed by atoms with van der Waals surface area (Å²) in [5.41, 5.74) is 0.332. The number of anilines is 1. The lowest BCUT2D eigenvalue weighted by Gasteiger charge is -2.14. The normalized spacial score (nSPS) is 14.4. The van der Waals surface area contributed by atoms with Crippen molar-refractivity contribution in [2.75, 3.05) is 19.1 Å². The largest absolute Gasteiger partial charge is 0.467 e. The van der Waals surface area contributed by atoms with Crippen LogP contribution in [0.3, 0.4) is 0 Å². The van der Waals surface area contributed by atoms with Crippen molar-refractivity contribution in [1.29, 1.82) is 0 Å². The van der Waals surface area contributed by atoms with E-state index in [1.165, 1.54) is 38.5 Å². The van der Waals surface area contributed by atoms with Gasteiger partial charge in [0.15, 0.2) is 5.82 Å². The quantitative estimate of drug-likeness (QED) is 0.629. The first-order valence-electron chi connectivity index (χ1n) is 8.12. The minimum absolute atomic E-state index is 0.00894. The van der Waals surface area contributed by atoms with Gasteiger partial charge < -0.3 is 9.47 Å². The number of methoxy groups -OCH3 is 2. The molecule has 0 spiro atoms. The molecule has 1 N–H and O–H groups in total. The Balaban J connectivity index is 1.74. The van der Waals surface area contributed by atoms with Crippen molar-refractivity contribution in [3.63, 3.8) is 0 Å². The van der Waals surface area contributed by atoms with Crippen LogP contribution in [0.4, 0.5) is 5.69 Å². The topological polar surface area (TPSA) is 141 Å². The van der Waals surface area contributed by atoms with Crippen molar-refractivity contribution in [2.45, 2.75) is 24.3 Å². The van der Waals surface area contributed by atoms with Crippen molar-refractivity contribution in [2.24, 2.45) is 0 Å². The number of benzene rings is 1. The highest BCUT2D eigenvalue weighted by Crippen LogP contribution is 2.24. The first-order valence-corrected chi connectivity index (χ1v) is 9.61. The number of nitrogens with one attached hydrogen (secondary N) is 1. The van der Waals surface area contributed by atoms with Crippen LogP contribution in [0.25, 0.3) is 0 Å². The highest BCUT2D eigenvalue weighted by molar-refractivity contribution is 7.89. The molecule has 1 fully saturated rings. The first kappa shape index (κ1) is 19.6. The molecule has 2 aromatic rings. The Hall–Kier alpha value is -3.12. The zero-order chi connectivity index (χ0) is 20.3. The van der Waals surface area contributed by atoms with Gasteiger partial charge in [0.1, 0.15) is 0 Å². The summed E-state index contributed by atoms with van der Waals surface area (Å²) < 4.78 is 37.2. The molecular formula is C16H17N5O6S. The standard InChI is InChI=1S/C16H17N5O6S/c1-26-15-18-12(19-16(20-15)27-2)9-17-28(24,25)11-5-3-10(4-6-11)21-13(22)7-8-14(21)23/h3-6,17H,7-9H2,1-2H3. The third-order valence-corrected chi connectivity index (χ3v) is 5.30. The second-order valence-electron chi connectivity index (χ2n) is 5.67. The number of nitrogens with zero attached hydrogens (tertiary/aromatic N) is 4. The molecule has 0 bridgehead atoms. The minimum Gasteiger partial charge on any atom is -0.467 e. The summed E-state index contributed by atoms with van der Waals surface area (Å²) in [7, 11) is -1.16. The monoisotopic (exact) mass is 407 g/mol. The Morgan fingerprint density at radius 2 is 1.50 bits per heavy atom. The zero-order valence-electron chi connectivity index (χ0n) is 15.1. The van der Waals surface area contributed by atoms with Gasteiger partial charge >= 0.3 is 12.0 Å². The van der Waals surface area contributed by atoms with Crippen molar-refractivity contribution < 1.29 is 27.5 Å². The van der Waals surface area contributed by atoms with E-state index in [0.717, 1.165) is 4.90 Å². The third-order valence-electron chi connectivity index (χ3n) is 3.88. The number of aromatic nitrogens is 3. The van der Waals surface area contributed by atoms with Crippen LogP contribution in [-0.4, -0.2) is 49.4 Å².